The van der Waals surface area contributed by atoms with Crippen LogP contribution in [0.5, 0.6) is 0 Å². The molecular weight excluding hydrogens is 434 g/mol. The van der Waals surface area contributed by atoms with Crippen LogP contribution in [-0.2, 0) is 16.1 Å². The molecule has 1 saturated heterocycles. The van der Waals surface area contributed by atoms with Crippen LogP contribution in [0.1, 0.15) is 16.1 Å². The number of morpholine rings is 1. The van der Waals surface area contributed by atoms with Gasteiger partial charge in [0.25, 0.3) is 5.91 Å². The smallest absolute Gasteiger partial charge is 0.254 e. The minimum Gasteiger partial charge on any atom is -0.378 e. The molecule has 1 aromatic heterocycles. The summed E-state index contributed by atoms with van der Waals surface area (Å²) in [5.41, 5.74) is 3.18. The monoisotopic (exact) mass is 455 g/mol. The normalized spacial score (nSPS) is 14.2. The first kappa shape index (κ1) is 19.7. The van der Waals surface area contributed by atoms with Gasteiger partial charge in [-0.3, -0.25) is 9.59 Å². The Bertz CT molecular complexity index is 1070. The highest BCUT2D eigenvalue weighted by atomic mass is 79.9. The zero-order chi connectivity index (χ0) is 20.4. The number of hydrogen-bond acceptors (Lipinski definition) is 3. The van der Waals surface area contributed by atoms with Crippen molar-refractivity contribution in [3.63, 3.8) is 0 Å². The second kappa shape index (κ2) is 8.39. The summed E-state index contributed by atoms with van der Waals surface area (Å²) in [5.74, 6) is -0.182. The molecular formula is C22H22BrN3O3. The third-order valence-corrected chi connectivity index (χ3v) is 6.15. The quantitative estimate of drug-likeness (QED) is 0.650. The molecule has 7 heteroatoms. The molecule has 1 aliphatic heterocycles. The highest BCUT2D eigenvalue weighted by Crippen LogP contribution is 2.30. The molecule has 0 atom stereocenters. The number of anilines is 1. The Labute approximate surface area is 177 Å². The van der Waals surface area contributed by atoms with Crippen molar-refractivity contribution in [2.75, 3.05) is 31.6 Å². The summed E-state index contributed by atoms with van der Waals surface area (Å²) < 4.78 is 8.29. The Hall–Kier alpha value is -2.64. The first-order valence-corrected chi connectivity index (χ1v) is 10.3. The fourth-order valence-electron chi connectivity index (χ4n) is 3.62. The summed E-state index contributed by atoms with van der Waals surface area (Å²) in [5, 5.41) is 4.00. The lowest BCUT2D eigenvalue weighted by Crippen LogP contribution is -2.40. The van der Waals surface area contributed by atoms with E-state index in [-0.39, 0.29) is 18.4 Å². The van der Waals surface area contributed by atoms with Crippen molar-refractivity contribution in [3.8, 4) is 0 Å². The Kier molecular flexibility index (Phi) is 5.69. The standard InChI is InChI=1S/C22H22BrN3O3/c1-15-21(23)18-7-2-3-8-19(18)26(15)14-20(27)24-17-6-4-5-16(13-17)22(28)25-9-11-29-12-10-25/h2-8,13H,9-12,14H2,1H3,(H,24,27). The number of fused-ring (bicyclic) bond motifs is 1. The fraction of sp³-hybridized carbons (Fsp3) is 0.273. The van der Waals surface area contributed by atoms with E-state index in [2.05, 4.69) is 21.2 Å². The SMILES string of the molecule is Cc1c(Br)c2ccccc2n1CC(=O)Nc1cccc(C(=O)N2CCOCC2)c1. The van der Waals surface area contributed by atoms with E-state index in [0.717, 1.165) is 21.1 Å². The maximum absolute atomic E-state index is 12.7. The van der Waals surface area contributed by atoms with E-state index in [9.17, 15) is 9.59 Å². The highest BCUT2D eigenvalue weighted by molar-refractivity contribution is 9.10. The fourth-order valence-corrected chi connectivity index (χ4v) is 4.16. The molecule has 0 saturated carbocycles. The van der Waals surface area contributed by atoms with Crippen molar-refractivity contribution in [1.82, 2.24) is 9.47 Å². The number of nitrogens with one attached hydrogen (secondary N) is 1. The second-order valence-electron chi connectivity index (χ2n) is 7.04. The highest BCUT2D eigenvalue weighted by Gasteiger charge is 2.19. The Morgan fingerprint density at radius 3 is 2.66 bits per heavy atom. The van der Waals surface area contributed by atoms with Crippen LogP contribution in [-0.4, -0.2) is 47.6 Å². The molecule has 150 valence electrons. The van der Waals surface area contributed by atoms with Gasteiger partial charge in [-0.25, -0.2) is 0 Å². The number of nitrogens with zero attached hydrogens (tertiary/aromatic N) is 2. The van der Waals surface area contributed by atoms with Crippen LogP contribution >= 0.6 is 15.9 Å². The summed E-state index contributed by atoms with van der Waals surface area (Å²) in [6, 6.07) is 15.1. The zero-order valence-corrected chi connectivity index (χ0v) is 17.7. The summed E-state index contributed by atoms with van der Waals surface area (Å²) in [6.07, 6.45) is 0. The molecule has 3 aromatic rings. The van der Waals surface area contributed by atoms with Gasteiger partial charge in [0.15, 0.2) is 0 Å². The number of ether oxygens (including phenoxy) is 1. The molecule has 0 radical (unpaired) electrons. The number of hydrogen-bond donors (Lipinski definition) is 1. The van der Waals surface area contributed by atoms with Crippen molar-refractivity contribution < 1.29 is 14.3 Å². The van der Waals surface area contributed by atoms with E-state index in [1.807, 2.05) is 35.8 Å². The summed E-state index contributed by atoms with van der Waals surface area (Å²) in [4.78, 5) is 27.2. The molecule has 4 rings (SSSR count). The number of benzene rings is 2. The van der Waals surface area contributed by atoms with Crippen LogP contribution in [0.15, 0.2) is 53.0 Å². The van der Waals surface area contributed by atoms with Gasteiger partial charge in [-0.15, -0.1) is 0 Å². The second-order valence-corrected chi connectivity index (χ2v) is 7.83. The summed E-state index contributed by atoms with van der Waals surface area (Å²) >= 11 is 3.62. The largest absolute Gasteiger partial charge is 0.378 e. The molecule has 1 aliphatic rings. The van der Waals surface area contributed by atoms with Gasteiger partial charge in [0.1, 0.15) is 6.54 Å². The van der Waals surface area contributed by atoms with Crippen LogP contribution in [0.25, 0.3) is 10.9 Å². The number of amides is 2. The lowest BCUT2D eigenvalue weighted by Gasteiger charge is -2.27. The average molecular weight is 456 g/mol. The first-order valence-electron chi connectivity index (χ1n) is 9.55. The van der Waals surface area contributed by atoms with E-state index in [0.29, 0.717) is 37.6 Å². The number of carbonyl (C=O) groups excluding carboxylic acids is 2. The van der Waals surface area contributed by atoms with Crippen molar-refractivity contribution in [3.05, 3.63) is 64.3 Å². The number of halogens is 1. The topological polar surface area (TPSA) is 63.6 Å². The van der Waals surface area contributed by atoms with Crippen LogP contribution in [0.3, 0.4) is 0 Å². The van der Waals surface area contributed by atoms with E-state index >= 15 is 0 Å². The van der Waals surface area contributed by atoms with Gasteiger partial charge < -0.3 is 19.5 Å². The van der Waals surface area contributed by atoms with E-state index in [1.165, 1.54) is 0 Å². The van der Waals surface area contributed by atoms with Crippen LogP contribution in [0.2, 0.25) is 0 Å². The van der Waals surface area contributed by atoms with Gasteiger partial charge in [0.2, 0.25) is 5.91 Å². The summed E-state index contributed by atoms with van der Waals surface area (Å²) in [7, 11) is 0. The number of carbonyl (C=O) groups is 2. The van der Waals surface area contributed by atoms with Crippen molar-refractivity contribution in [1.29, 1.82) is 0 Å². The third kappa shape index (κ3) is 4.06. The van der Waals surface area contributed by atoms with Gasteiger partial charge >= 0.3 is 0 Å². The third-order valence-electron chi connectivity index (χ3n) is 5.15. The molecule has 0 spiro atoms. The van der Waals surface area contributed by atoms with Crippen LogP contribution in [0.4, 0.5) is 5.69 Å². The van der Waals surface area contributed by atoms with Gasteiger partial charge in [-0.1, -0.05) is 24.3 Å². The predicted molar refractivity (Wildman–Crippen MR) is 116 cm³/mol. The molecule has 2 aromatic carbocycles. The molecule has 0 aliphatic carbocycles. The van der Waals surface area contributed by atoms with Gasteiger partial charge in [0, 0.05) is 45.4 Å². The lowest BCUT2D eigenvalue weighted by molar-refractivity contribution is -0.116. The van der Waals surface area contributed by atoms with Gasteiger partial charge in [-0.2, -0.15) is 0 Å². The van der Waals surface area contributed by atoms with E-state index < -0.39 is 0 Å². The molecule has 1 N–H and O–H groups in total. The van der Waals surface area contributed by atoms with Crippen LogP contribution in [0, 0.1) is 6.92 Å². The Morgan fingerprint density at radius 1 is 1.10 bits per heavy atom. The molecule has 2 heterocycles. The maximum Gasteiger partial charge on any atom is 0.254 e. The number of aromatic nitrogens is 1. The summed E-state index contributed by atoms with van der Waals surface area (Å²) in [6.45, 7) is 4.47. The minimum absolute atomic E-state index is 0.0411. The van der Waals surface area contributed by atoms with Gasteiger partial charge in [-0.05, 0) is 47.1 Å². The number of rotatable bonds is 4. The Morgan fingerprint density at radius 2 is 1.86 bits per heavy atom. The molecule has 0 bridgehead atoms. The van der Waals surface area contributed by atoms with Gasteiger partial charge in [0.05, 0.1) is 13.2 Å². The number of para-hydroxylation sites is 1. The first-order chi connectivity index (χ1) is 14.0. The minimum atomic E-state index is -0.141. The molecule has 6 nitrogen and oxygen atoms in total. The van der Waals surface area contributed by atoms with E-state index in [1.54, 1.807) is 29.2 Å². The lowest BCUT2D eigenvalue weighted by atomic mass is 10.1. The van der Waals surface area contributed by atoms with E-state index in [4.69, 9.17) is 4.74 Å². The molecule has 2 amide bonds. The van der Waals surface area contributed by atoms with Crippen molar-refractivity contribution in [2.45, 2.75) is 13.5 Å². The zero-order valence-electron chi connectivity index (χ0n) is 16.2. The predicted octanol–water partition coefficient (Wildman–Crippen LogP) is 3.82. The molecule has 0 unspecified atom stereocenters. The molecule has 29 heavy (non-hydrogen) atoms. The maximum atomic E-state index is 12.7. The average Bonchev–Trinajstić information content (AvgIpc) is 2.99. The van der Waals surface area contributed by atoms with Crippen molar-refractivity contribution in [2.24, 2.45) is 0 Å². The van der Waals surface area contributed by atoms with Crippen molar-refractivity contribution >= 4 is 44.3 Å². The van der Waals surface area contributed by atoms with Crippen LogP contribution < -0.4 is 5.32 Å². The Balaban J connectivity index is 1.49. The molecule has 1 fully saturated rings.